The van der Waals surface area contributed by atoms with Crippen LogP contribution in [-0.2, 0) is 0 Å². The first kappa shape index (κ1) is 29.3. The maximum atomic E-state index is 5.53. The molecule has 0 atom stereocenters. The Morgan fingerprint density at radius 1 is 0.276 bits per heavy atom. The van der Waals surface area contributed by atoms with Gasteiger partial charge in [0.2, 0.25) is 0 Å². The van der Waals surface area contributed by atoms with Crippen molar-refractivity contribution in [3.05, 3.63) is 0 Å². The Bertz CT molecular complexity index is 243. The average molecular weight is 428 g/mol. The van der Waals surface area contributed by atoms with E-state index < -0.39 is 0 Å². The lowest BCUT2D eigenvalue weighted by molar-refractivity contribution is 0.516. The van der Waals surface area contributed by atoms with Crippen molar-refractivity contribution in [1.82, 2.24) is 0 Å². The van der Waals surface area contributed by atoms with E-state index in [2.05, 4.69) is 12.6 Å². The lowest BCUT2D eigenvalue weighted by Crippen LogP contribution is -1.97. The van der Waals surface area contributed by atoms with Crippen LogP contribution in [0.4, 0.5) is 0 Å². The summed E-state index contributed by atoms with van der Waals surface area (Å²) in [6.07, 6.45) is 36.0. The van der Waals surface area contributed by atoms with Gasteiger partial charge in [0.05, 0.1) is 0 Å². The molecule has 0 aliphatic rings. The number of nitrogens with two attached hydrogens (primary N) is 1. The van der Waals surface area contributed by atoms with E-state index in [1.54, 1.807) is 0 Å². The van der Waals surface area contributed by atoms with Crippen LogP contribution < -0.4 is 5.73 Å². The van der Waals surface area contributed by atoms with Crippen LogP contribution >= 0.6 is 12.6 Å². The van der Waals surface area contributed by atoms with Gasteiger partial charge < -0.3 is 5.73 Å². The summed E-state index contributed by atoms with van der Waals surface area (Å²) in [5.41, 5.74) is 5.53. The van der Waals surface area contributed by atoms with E-state index in [0.717, 1.165) is 12.3 Å². The van der Waals surface area contributed by atoms with Crippen LogP contribution in [0.1, 0.15) is 161 Å². The van der Waals surface area contributed by atoms with E-state index in [-0.39, 0.29) is 0 Å². The third kappa shape index (κ3) is 28.3. The SMILES string of the molecule is NCCCCCCCCCCCCCCCCCCCCCCCCCCCS. The molecule has 0 amide bonds. The van der Waals surface area contributed by atoms with Crippen LogP contribution in [0, 0.1) is 0 Å². The normalized spacial score (nSPS) is 11.4. The van der Waals surface area contributed by atoms with Crippen molar-refractivity contribution in [3.8, 4) is 0 Å². The Labute approximate surface area is 191 Å². The molecule has 176 valence electrons. The summed E-state index contributed by atoms with van der Waals surface area (Å²) < 4.78 is 0. The molecule has 0 rings (SSSR count). The van der Waals surface area contributed by atoms with Crippen molar-refractivity contribution in [2.75, 3.05) is 12.3 Å². The molecule has 2 heteroatoms. The zero-order valence-corrected chi connectivity index (χ0v) is 21.0. The van der Waals surface area contributed by atoms with Gasteiger partial charge in [-0.15, -0.1) is 0 Å². The fourth-order valence-electron chi connectivity index (χ4n) is 4.32. The molecule has 0 heterocycles. The molecule has 0 saturated heterocycles. The standard InChI is InChI=1S/C27H57NS/c28-26-24-22-20-18-16-14-12-10-8-6-4-2-1-3-5-7-9-11-13-15-17-19-21-23-25-27-29/h29H,1-28H2. The summed E-state index contributed by atoms with van der Waals surface area (Å²) in [6, 6.07) is 0. The number of hydrogen-bond acceptors (Lipinski definition) is 2. The first-order valence-corrected chi connectivity index (χ1v) is 14.4. The largest absolute Gasteiger partial charge is 0.330 e. The van der Waals surface area contributed by atoms with E-state index in [1.165, 1.54) is 161 Å². The minimum Gasteiger partial charge on any atom is -0.330 e. The third-order valence-electron chi connectivity index (χ3n) is 6.36. The van der Waals surface area contributed by atoms with Crippen LogP contribution in [0.2, 0.25) is 0 Å². The molecule has 0 saturated carbocycles. The maximum Gasteiger partial charge on any atom is -0.00773 e. The molecule has 0 fully saturated rings. The van der Waals surface area contributed by atoms with Gasteiger partial charge in [-0.3, -0.25) is 0 Å². The summed E-state index contributed by atoms with van der Waals surface area (Å²) in [4.78, 5) is 0. The molecule has 0 aliphatic heterocycles. The van der Waals surface area contributed by atoms with Gasteiger partial charge >= 0.3 is 0 Å². The highest BCUT2D eigenvalue weighted by atomic mass is 32.1. The van der Waals surface area contributed by atoms with Crippen LogP contribution in [-0.4, -0.2) is 12.3 Å². The molecular weight excluding hydrogens is 370 g/mol. The first-order chi connectivity index (χ1) is 14.4. The molecule has 0 unspecified atom stereocenters. The minimum atomic E-state index is 0.873. The zero-order valence-electron chi connectivity index (χ0n) is 20.1. The highest BCUT2D eigenvalue weighted by molar-refractivity contribution is 7.80. The summed E-state index contributed by atoms with van der Waals surface area (Å²) >= 11 is 4.27. The van der Waals surface area contributed by atoms with E-state index in [0.29, 0.717) is 0 Å². The van der Waals surface area contributed by atoms with Gasteiger partial charge in [0.1, 0.15) is 0 Å². The lowest BCUT2D eigenvalue weighted by atomic mass is 10.0. The summed E-state index contributed by atoms with van der Waals surface area (Å²) in [5, 5.41) is 0. The number of thiol groups is 1. The van der Waals surface area contributed by atoms with E-state index in [1.807, 2.05) is 0 Å². The highest BCUT2D eigenvalue weighted by Gasteiger charge is 1.96. The Balaban J connectivity index is 2.97. The fourth-order valence-corrected chi connectivity index (χ4v) is 4.55. The second-order valence-corrected chi connectivity index (χ2v) is 9.80. The van der Waals surface area contributed by atoms with Gasteiger partial charge in [0.15, 0.2) is 0 Å². The molecule has 0 spiro atoms. The Hall–Kier alpha value is 0.310. The Kier molecular flexibility index (Phi) is 28.6. The predicted octanol–water partition coefficient (Wildman–Crippen LogP) is 9.63. The Morgan fingerprint density at radius 3 is 0.621 bits per heavy atom. The minimum absolute atomic E-state index is 0.873. The summed E-state index contributed by atoms with van der Waals surface area (Å²) in [7, 11) is 0. The van der Waals surface area contributed by atoms with Crippen LogP contribution in [0.3, 0.4) is 0 Å². The number of unbranched alkanes of at least 4 members (excludes halogenated alkanes) is 24. The van der Waals surface area contributed by atoms with Crippen LogP contribution in [0.15, 0.2) is 0 Å². The smallest absolute Gasteiger partial charge is 0.00773 e. The first-order valence-electron chi connectivity index (χ1n) is 13.7. The monoisotopic (exact) mass is 427 g/mol. The Morgan fingerprint density at radius 2 is 0.448 bits per heavy atom. The molecule has 1 nitrogen and oxygen atoms in total. The maximum absolute atomic E-state index is 5.53. The lowest BCUT2D eigenvalue weighted by Gasteiger charge is -2.04. The van der Waals surface area contributed by atoms with Gasteiger partial charge in [-0.25, -0.2) is 0 Å². The van der Waals surface area contributed by atoms with Crippen molar-refractivity contribution in [2.24, 2.45) is 5.73 Å². The van der Waals surface area contributed by atoms with Crippen molar-refractivity contribution in [2.45, 2.75) is 161 Å². The van der Waals surface area contributed by atoms with Gasteiger partial charge in [0, 0.05) is 0 Å². The average Bonchev–Trinajstić information content (AvgIpc) is 2.74. The molecule has 0 bridgehead atoms. The van der Waals surface area contributed by atoms with E-state index in [4.69, 9.17) is 5.73 Å². The number of rotatable bonds is 26. The van der Waals surface area contributed by atoms with Crippen LogP contribution in [0.25, 0.3) is 0 Å². The van der Waals surface area contributed by atoms with Crippen molar-refractivity contribution >= 4 is 12.6 Å². The van der Waals surface area contributed by atoms with Crippen molar-refractivity contribution in [3.63, 3.8) is 0 Å². The van der Waals surface area contributed by atoms with Gasteiger partial charge in [-0.05, 0) is 25.1 Å². The van der Waals surface area contributed by atoms with E-state index in [9.17, 15) is 0 Å². The number of hydrogen-bond donors (Lipinski definition) is 2. The highest BCUT2D eigenvalue weighted by Crippen LogP contribution is 2.15. The molecule has 29 heavy (non-hydrogen) atoms. The van der Waals surface area contributed by atoms with Gasteiger partial charge in [0.25, 0.3) is 0 Å². The second-order valence-electron chi connectivity index (χ2n) is 9.35. The third-order valence-corrected chi connectivity index (χ3v) is 6.68. The van der Waals surface area contributed by atoms with Crippen LogP contribution in [0.5, 0.6) is 0 Å². The van der Waals surface area contributed by atoms with Gasteiger partial charge in [-0.1, -0.05) is 148 Å². The molecular formula is C27H57NS. The van der Waals surface area contributed by atoms with E-state index >= 15 is 0 Å². The molecule has 0 aromatic heterocycles. The summed E-state index contributed by atoms with van der Waals surface area (Å²) in [5.74, 6) is 1.07. The quantitative estimate of drug-likeness (QED) is 0.104. The fraction of sp³-hybridized carbons (Fsp3) is 1.00. The molecule has 0 radical (unpaired) electrons. The molecule has 0 aromatic carbocycles. The van der Waals surface area contributed by atoms with Crippen molar-refractivity contribution < 1.29 is 0 Å². The second kappa shape index (κ2) is 28.3. The summed E-state index contributed by atoms with van der Waals surface area (Å²) in [6.45, 7) is 0.873. The molecule has 0 aliphatic carbocycles. The predicted molar refractivity (Wildman–Crippen MR) is 138 cm³/mol. The molecule has 0 aromatic rings. The topological polar surface area (TPSA) is 26.0 Å². The molecule has 2 N–H and O–H groups in total. The van der Waals surface area contributed by atoms with Crippen molar-refractivity contribution in [1.29, 1.82) is 0 Å². The van der Waals surface area contributed by atoms with Gasteiger partial charge in [-0.2, -0.15) is 12.6 Å². The zero-order chi connectivity index (χ0) is 21.1.